The van der Waals surface area contributed by atoms with Gasteiger partial charge in [-0.2, -0.15) is 0 Å². The van der Waals surface area contributed by atoms with Gasteiger partial charge in [0.2, 0.25) is 0 Å². The number of hydrogen-bond donors (Lipinski definition) is 0. The average molecular weight is 192 g/mol. The fourth-order valence-corrected chi connectivity index (χ4v) is 0.864. The Hall–Kier alpha value is -0.740. The van der Waals surface area contributed by atoms with Crippen molar-refractivity contribution < 1.29 is 17.3 Å². The Morgan fingerprint density at radius 1 is 1.45 bits per heavy atom. The van der Waals surface area contributed by atoms with Gasteiger partial charge in [0.25, 0.3) is 5.69 Å². The Labute approximate surface area is 75.4 Å². The molecule has 0 spiro atoms. The standard InChI is InChI=1S/C6H5NO2S.ClH/c8-7(9)5-2-1-3-6(10)4-5;/h1-4,10H;1H. The lowest BCUT2D eigenvalue weighted by Crippen LogP contribution is -3.00. The monoisotopic (exact) mass is 191 g/mol. The summed E-state index contributed by atoms with van der Waals surface area (Å²) in [5.41, 5.74) is 0.104. The Balaban J connectivity index is 0.000001000. The van der Waals surface area contributed by atoms with Crippen LogP contribution in [0.15, 0.2) is 29.2 Å². The largest absolute Gasteiger partial charge is 1.00 e. The predicted octanol–water partition coefficient (Wildman–Crippen LogP) is -2.03. The van der Waals surface area contributed by atoms with Gasteiger partial charge < -0.3 is 12.4 Å². The minimum absolute atomic E-state index is 0. The Morgan fingerprint density at radius 3 is 2.45 bits per heavy atom. The second-order valence-corrected chi connectivity index (χ2v) is 2.38. The van der Waals surface area contributed by atoms with Crippen molar-refractivity contribution in [1.29, 1.82) is 0 Å². The first-order chi connectivity index (χ1) is 4.70. The van der Waals surface area contributed by atoms with Crippen LogP contribution in [0.2, 0.25) is 0 Å². The number of non-ortho nitro benzene ring substituents is 1. The summed E-state index contributed by atoms with van der Waals surface area (Å²) in [6.07, 6.45) is 0. The van der Waals surface area contributed by atoms with E-state index >= 15 is 0 Å². The number of nitrogens with zero attached hydrogens (tertiary/aromatic N) is 1. The highest BCUT2D eigenvalue weighted by Gasteiger charge is 2.04. The molecule has 0 saturated heterocycles. The van der Waals surface area contributed by atoms with Gasteiger partial charge in [0, 0.05) is 6.07 Å². The van der Waals surface area contributed by atoms with Crippen LogP contribution in [0.4, 0.5) is 5.69 Å². The fourth-order valence-electron chi connectivity index (χ4n) is 0.619. The van der Waals surface area contributed by atoms with Gasteiger partial charge in [-0.15, -0.1) is 0 Å². The highest BCUT2D eigenvalue weighted by Crippen LogP contribution is 2.11. The van der Waals surface area contributed by atoms with Crippen molar-refractivity contribution in [3.63, 3.8) is 0 Å². The molecule has 0 fully saturated rings. The Kier molecular flexibility index (Phi) is 3.92. The topological polar surface area (TPSA) is 43.1 Å². The molecule has 0 bridgehead atoms. The summed E-state index contributed by atoms with van der Waals surface area (Å²) in [4.78, 5) is 10.4. The molecule has 0 unspecified atom stereocenters. The van der Waals surface area contributed by atoms with Crippen LogP contribution in [0.1, 0.15) is 0 Å². The molecule has 0 N–H and O–H groups in total. The maximum absolute atomic E-state index is 10.1. The van der Waals surface area contributed by atoms with Crippen molar-refractivity contribution in [3.8, 4) is 0 Å². The van der Waals surface area contributed by atoms with E-state index in [1.165, 1.54) is 12.1 Å². The molecule has 0 radical (unpaired) electrons. The molecular formula is C6H6ClNO2S. The number of halogens is 1. The predicted molar refractivity (Wildman–Crippen MR) is 41.5 cm³/mol. The Bertz CT molecular complexity index is 267. The van der Waals surface area contributed by atoms with Gasteiger partial charge in [0.1, 0.15) is 0 Å². The van der Waals surface area contributed by atoms with E-state index in [-0.39, 0.29) is 18.1 Å². The van der Waals surface area contributed by atoms with E-state index in [1.54, 1.807) is 12.1 Å². The van der Waals surface area contributed by atoms with Crippen LogP contribution in [0.5, 0.6) is 0 Å². The molecule has 0 heterocycles. The summed E-state index contributed by atoms with van der Waals surface area (Å²) >= 11 is 3.17. The number of benzene rings is 1. The van der Waals surface area contributed by atoms with E-state index in [0.717, 1.165) is 0 Å². The third-order valence-electron chi connectivity index (χ3n) is 1.06. The van der Waals surface area contributed by atoms with E-state index in [9.17, 15) is 10.1 Å². The van der Waals surface area contributed by atoms with Crippen LogP contribution in [0.3, 0.4) is 0 Å². The minimum Gasteiger partial charge on any atom is -1.00 e. The first kappa shape index (κ1) is 10.3. The second kappa shape index (κ2) is 4.20. The highest BCUT2D eigenvalue weighted by molar-refractivity contribution is 7.58. The van der Waals surface area contributed by atoms with Crippen molar-refractivity contribution in [2.75, 3.05) is 0 Å². The smallest absolute Gasteiger partial charge is 0.274 e. The molecule has 1 aromatic carbocycles. The van der Waals surface area contributed by atoms with Crippen molar-refractivity contribution >= 4 is 18.3 Å². The van der Waals surface area contributed by atoms with Crippen LogP contribution >= 0.6 is 0 Å². The molecule has 0 aromatic heterocycles. The molecule has 1 aromatic rings. The first-order valence-corrected chi connectivity index (χ1v) is 3.16. The minimum atomic E-state index is -0.427. The Morgan fingerprint density at radius 2 is 2.09 bits per heavy atom. The molecule has 0 saturated carbocycles. The second-order valence-electron chi connectivity index (χ2n) is 1.81. The maximum Gasteiger partial charge on any atom is 0.274 e. The molecule has 0 atom stereocenters. The van der Waals surface area contributed by atoms with Gasteiger partial charge in [-0.25, -0.2) is 0 Å². The summed E-state index contributed by atoms with van der Waals surface area (Å²) in [6, 6.07) is 6.27. The normalized spacial score (nSPS) is 8.45. The van der Waals surface area contributed by atoms with Gasteiger partial charge in [-0.05, 0) is 18.7 Å². The van der Waals surface area contributed by atoms with E-state index in [0.29, 0.717) is 4.90 Å². The summed E-state index contributed by atoms with van der Waals surface area (Å²) in [5.74, 6) is 0. The molecule has 60 valence electrons. The molecule has 0 aliphatic rings. The van der Waals surface area contributed by atoms with Crippen LogP contribution in [0.25, 0.3) is 0 Å². The SMILES string of the molecule is O=[N+]([O-])c1cccc([SH2+])c1.[Cl-]. The van der Waals surface area contributed by atoms with Crippen molar-refractivity contribution in [3.05, 3.63) is 34.4 Å². The van der Waals surface area contributed by atoms with E-state index in [2.05, 4.69) is 12.6 Å². The molecular weight excluding hydrogens is 186 g/mol. The number of rotatable bonds is 1. The molecule has 1 rings (SSSR count). The molecule has 3 nitrogen and oxygen atoms in total. The van der Waals surface area contributed by atoms with Gasteiger partial charge in [-0.1, -0.05) is 6.07 Å². The van der Waals surface area contributed by atoms with Gasteiger partial charge in [-0.3, -0.25) is 10.1 Å². The quantitative estimate of drug-likeness (QED) is 0.292. The number of nitro benzene ring substituents is 1. The van der Waals surface area contributed by atoms with E-state index in [1.807, 2.05) is 0 Å². The van der Waals surface area contributed by atoms with Gasteiger partial charge >= 0.3 is 0 Å². The van der Waals surface area contributed by atoms with Crippen molar-refractivity contribution in [2.24, 2.45) is 0 Å². The van der Waals surface area contributed by atoms with Crippen LogP contribution < -0.4 is 12.4 Å². The summed E-state index contributed by atoms with van der Waals surface area (Å²) in [6.45, 7) is 0. The summed E-state index contributed by atoms with van der Waals surface area (Å²) in [7, 11) is 0. The van der Waals surface area contributed by atoms with Crippen LogP contribution in [-0.2, 0) is 12.6 Å². The number of hydrogen-bond acceptors (Lipinski definition) is 2. The van der Waals surface area contributed by atoms with Crippen molar-refractivity contribution in [2.45, 2.75) is 4.90 Å². The average Bonchev–Trinajstić information content (AvgIpc) is 1.88. The van der Waals surface area contributed by atoms with Gasteiger partial charge in [0.15, 0.2) is 4.90 Å². The van der Waals surface area contributed by atoms with E-state index < -0.39 is 4.92 Å². The summed E-state index contributed by atoms with van der Waals surface area (Å²) < 4.78 is 0. The summed E-state index contributed by atoms with van der Waals surface area (Å²) in [5, 5.41) is 10.1. The molecule has 0 amide bonds. The third kappa shape index (κ3) is 2.78. The third-order valence-corrected chi connectivity index (χ3v) is 1.37. The molecule has 11 heavy (non-hydrogen) atoms. The maximum atomic E-state index is 10.1. The molecule has 0 aliphatic carbocycles. The van der Waals surface area contributed by atoms with Crippen molar-refractivity contribution in [1.82, 2.24) is 0 Å². The highest BCUT2D eigenvalue weighted by atomic mass is 35.5. The van der Waals surface area contributed by atoms with Crippen LogP contribution in [-0.4, -0.2) is 4.92 Å². The zero-order valence-corrected chi connectivity index (χ0v) is 7.21. The zero-order valence-electron chi connectivity index (χ0n) is 5.45. The first-order valence-electron chi connectivity index (χ1n) is 2.66. The molecule has 5 heteroatoms. The lowest BCUT2D eigenvalue weighted by molar-refractivity contribution is -0.385. The van der Waals surface area contributed by atoms with E-state index in [4.69, 9.17) is 0 Å². The van der Waals surface area contributed by atoms with Gasteiger partial charge in [0.05, 0.1) is 11.0 Å². The number of nitro groups is 1. The zero-order chi connectivity index (χ0) is 7.56. The van der Waals surface area contributed by atoms with Crippen LogP contribution in [0, 0.1) is 10.1 Å². The molecule has 0 aliphatic heterocycles. The lowest BCUT2D eigenvalue weighted by Gasteiger charge is -1.86. The fraction of sp³-hybridized carbons (Fsp3) is 0. The lowest BCUT2D eigenvalue weighted by atomic mass is 10.3.